The third-order valence-electron chi connectivity index (χ3n) is 6.91. The van der Waals surface area contributed by atoms with Crippen molar-refractivity contribution < 1.29 is 26.7 Å². The minimum absolute atomic E-state index is 0.0693. The molecule has 0 unspecified atom stereocenters. The largest absolute Gasteiger partial charge is 0.381 e. The van der Waals surface area contributed by atoms with Crippen LogP contribution in [0.3, 0.4) is 0 Å². The van der Waals surface area contributed by atoms with Crippen molar-refractivity contribution in [2.75, 3.05) is 13.7 Å². The molecule has 3 aromatic rings. The van der Waals surface area contributed by atoms with E-state index in [-0.39, 0.29) is 11.5 Å². The topological polar surface area (TPSA) is 9.23 Å². The number of hydrogen-bond acceptors (Lipinski definition) is 1. The van der Waals surface area contributed by atoms with Gasteiger partial charge in [-0.1, -0.05) is 54.6 Å². The predicted octanol–water partition coefficient (Wildman–Crippen LogP) is 9.36. The van der Waals surface area contributed by atoms with Gasteiger partial charge >= 0.3 is 0 Å². The van der Waals surface area contributed by atoms with E-state index >= 15 is 8.78 Å². The Morgan fingerprint density at radius 3 is 2.03 bits per heavy atom. The Kier molecular flexibility index (Phi) is 8.93. The van der Waals surface area contributed by atoms with Gasteiger partial charge in [-0.05, 0) is 84.0 Å². The highest BCUT2D eigenvalue weighted by molar-refractivity contribution is 5.72. The zero-order valence-corrected chi connectivity index (χ0v) is 20.6. The molecule has 3 aromatic carbocycles. The smallest absolute Gasteiger partial charge is 0.266 e. The van der Waals surface area contributed by atoms with Gasteiger partial charge in [0.25, 0.3) is 6.43 Å². The maximum absolute atomic E-state index is 15.1. The molecule has 0 aromatic heterocycles. The number of methoxy groups -OCH3 is 1. The molecular weight excluding hydrogens is 483 g/mol. The quantitative estimate of drug-likeness (QED) is 0.166. The molecular formula is C31H29F5O. The molecule has 1 aliphatic rings. The van der Waals surface area contributed by atoms with Crippen molar-refractivity contribution in [1.82, 2.24) is 0 Å². The van der Waals surface area contributed by atoms with Crippen LogP contribution >= 0.6 is 0 Å². The Balaban J connectivity index is 1.44. The number of allylic oxidation sites excluding steroid dienone is 1. The average Bonchev–Trinajstić information content (AvgIpc) is 2.88. The molecule has 1 aliphatic carbocycles. The van der Waals surface area contributed by atoms with Crippen LogP contribution in [-0.2, 0) is 4.74 Å². The van der Waals surface area contributed by atoms with Crippen LogP contribution in [0.4, 0.5) is 22.0 Å². The molecule has 1 fully saturated rings. The van der Waals surface area contributed by atoms with Crippen LogP contribution in [0.25, 0.3) is 23.3 Å². The van der Waals surface area contributed by atoms with Crippen LogP contribution < -0.4 is 0 Å². The van der Waals surface area contributed by atoms with Crippen LogP contribution in [0.5, 0.6) is 0 Å². The summed E-state index contributed by atoms with van der Waals surface area (Å²) >= 11 is 0. The Bertz CT molecular complexity index is 1230. The highest BCUT2D eigenvalue weighted by atomic mass is 19.3. The summed E-state index contributed by atoms with van der Waals surface area (Å²) in [5.41, 5.74) is 1.55. The van der Waals surface area contributed by atoms with Crippen molar-refractivity contribution in [3.8, 4) is 11.1 Å². The lowest BCUT2D eigenvalue weighted by Crippen LogP contribution is -2.12. The van der Waals surface area contributed by atoms with Gasteiger partial charge in [-0.3, -0.25) is 0 Å². The molecule has 0 radical (unpaired) electrons. The van der Waals surface area contributed by atoms with Gasteiger partial charge in [-0.25, -0.2) is 22.0 Å². The fourth-order valence-corrected chi connectivity index (χ4v) is 4.87. The van der Waals surface area contributed by atoms with Crippen molar-refractivity contribution >= 4 is 12.2 Å². The van der Waals surface area contributed by atoms with E-state index < -0.39 is 29.4 Å². The normalized spacial score (nSPS) is 18.4. The Morgan fingerprint density at radius 2 is 1.43 bits per heavy atom. The summed E-state index contributed by atoms with van der Waals surface area (Å²) in [5.74, 6) is -1.53. The summed E-state index contributed by atoms with van der Waals surface area (Å²) in [6.45, 7) is 0.590. The van der Waals surface area contributed by atoms with E-state index in [0.717, 1.165) is 43.4 Å². The second-order valence-electron chi connectivity index (χ2n) is 9.39. The lowest BCUT2D eigenvalue weighted by atomic mass is 9.78. The Labute approximate surface area is 214 Å². The summed E-state index contributed by atoms with van der Waals surface area (Å²) in [5, 5.41) is 0. The maximum atomic E-state index is 15.1. The first-order valence-electron chi connectivity index (χ1n) is 12.4. The standard InChI is InChI=1S/C31H29F5O/c1-37-16-2-3-20-6-11-23(12-7-20)25-18-28(33)30(29(34)19-25)24-13-8-21(9-14-24)4-5-22-10-15-26(31(35)36)27(32)17-22/h2-5,8-10,13-15,17-20,23,31H,6-7,11-12,16H2,1H3. The van der Waals surface area contributed by atoms with Gasteiger partial charge in [0.1, 0.15) is 17.5 Å². The van der Waals surface area contributed by atoms with Gasteiger partial charge in [0.15, 0.2) is 0 Å². The molecule has 0 atom stereocenters. The minimum Gasteiger partial charge on any atom is -0.381 e. The lowest BCUT2D eigenvalue weighted by molar-refractivity contribution is 0.146. The molecule has 0 spiro atoms. The number of alkyl halides is 2. The Hall–Kier alpha value is -3.25. The van der Waals surface area contributed by atoms with Gasteiger partial charge < -0.3 is 4.74 Å². The highest BCUT2D eigenvalue weighted by Gasteiger charge is 2.23. The summed E-state index contributed by atoms with van der Waals surface area (Å²) < 4.78 is 74.4. The first-order chi connectivity index (χ1) is 17.9. The molecule has 0 aliphatic heterocycles. The average molecular weight is 513 g/mol. The highest BCUT2D eigenvalue weighted by Crippen LogP contribution is 2.38. The molecule has 0 heterocycles. The fraction of sp³-hybridized carbons (Fsp3) is 0.290. The van der Waals surface area contributed by atoms with Crippen LogP contribution in [0, 0.1) is 23.4 Å². The van der Waals surface area contributed by atoms with Crippen molar-refractivity contribution in [1.29, 1.82) is 0 Å². The van der Waals surface area contributed by atoms with E-state index in [1.807, 2.05) is 6.08 Å². The predicted molar refractivity (Wildman–Crippen MR) is 138 cm³/mol. The fourth-order valence-electron chi connectivity index (χ4n) is 4.87. The minimum atomic E-state index is -2.87. The summed E-state index contributed by atoms with van der Waals surface area (Å²) in [6, 6.07) is 13.1. The molecule has 194 valence electrons. The van der Waals surface area contributed by atoms with E-state index in [9.17, 15) is 13.2 Å². The van der Waals surface area contributed by atoms with Gasteiger partial charge in [0.2, 0.25) is 0 Å². The third kappa shape index (κ3) is 6.75. The third-order valence-corrected chi connectivity index (χ3v) is 6.91. The van der Waals surface area contributed by atoms with Crippen molar-refractivity contribution in [3.05, 3.63) is 106 Å². The second kappa shape index (κ2) is 12.3. The van der Waals surface area contributed by atoms with Crippen molar-refractivity contribution in [2.24, 2.45) is 5.92 Å². The van der Waals surface area contributed by atoms with Crippen molar-refractivity contribution in [3.63, 3.8) is 0 Å². The zero-order valence-electron chi connectivity index (χ0n) is 20.6. The van der Waals surface area contributed by atoms with E-state index in [0.29, 0.717) is 29.2 Å². The van der Waals surface area contributed by atoms with Crippen LogP contribution in [0.15, 0.2) is 66.7 Å². The number of benzene rings is 3. The lowest BCUT2D eigenvalue weighted by Gasteiger charge is -2.27. The van der Waals surface area contributed by atoms with Gasteiger partial charge in [-0.2, -0.15) is 0 Å². The van der Waals surface area contributed by atoms with Crippen LogP contribution in [0.1, 0.15) is 60.3 Å². The van der Waals surface area contributed by atoms with Gasteiger partial charge in [0, 0.05) is 7.11 Å². The number of halogens is 5. The van der Waals surface area contributed by atoms with E-state index in [2.05, 4.69) is 6.08 Å². The first-order valence-corrected chi connectivity index (χ1v) is 12.4. The SMILES string of the molecule is COCC=CC1CCC(c2cc(F)c(-c3ccc(C=Cc4ccc(C(F)F)c(F)c4)cc3)c(F)c2)CC1. The summed E-state index contributed by atoms with van der Waals surface area (Å²) in [6.07, 6.45) is 8.32. The second-order valence-corrected chi connectivity index (χ2v) is 9.39. The van der Waals surface area contributed by atoms with Crippen molar-refractivity contribution in [2.45, 2.75) is 38.0 Å². The zero-order chi connectivity index (χ0) is 26.4. The van der Waals surface area contributed by atoms with Gasteiger partial charge in [0.05, 0.1) is 17.7 Å². The Morgan fingerprint density at radius 1 is 0.811 bits per heavy atom. The number of rotatable bonds is 8. The molecule has 1 nitrogen and oxygen atoms in total. The molecule has 0 bridgehead atoms. The molecule has 4 rings (SSSR count). The maximum Gasteiger partial charge on any atom is 0.266 e. The first kappa shape index (κ1) is 26.8. The molecule has 0 amide bonds. The summed E-state index contributed by atoms with van der Waals surface area (Å²) in [7, 11) is 1.66. The monoisotopic (exact) mass is 512 g/mol. The molecule has 6 heteroatoms. The number of ether oxygens (including phenoxy) is 1. The van der Waals surface area contributed by atoms with Crippen LogP contribution in [0.2, 0.25) is 0 Å². The van der Waals surface area contributed by atoms with E-state index in [1.54, 1.807) is 43.5 Å². The van der Waals surface area contributed by atoms with E-state index in [4.69, 9.17) is 4.74 Å². The molecule has 0 N–H and O–H groups in total. The summed E-state index contributed by atoms with van der Waals surface area (Å²) in [4.78, 5) is 0. The van der Waals surface area contributed by atoms with Crippen LogP contribution in [-0.4, -0.2) is 13.7 Å². The molecule has 1 saturated carbocycles. The molecule has 0 saturated heterocycles. The number of hydrogen-bond donors (Lipinski definition) is 0. The van der Waals surface area contributed by atoms with E-state index in [1.165, 1.54) is 18.2 Å². The molecule has 37 heavy (non-hydrogen) atoms. The van der Waals surface area contributed by atoms with Gasteiger partial charge in [-0.15, -0.1) is 0 Å².